The number of rotatable bonds is 3. The van der Waals surface area contributed by atoms with Crippen LogP contribution in [0, 0.1) is 5.92 Å². The Hall–Kier alpha value is -1.55. The van der Waals surface area contributed by atoms with Gasteiger partial charge in [-0.25, -0.2) is 0 Å². The predicted octanol–water partition coefficient (Wildman–Crippen LogP) is 3.01. The molecular weight excluding hydrogens is 278 g/mol. The van der Waals surface area contributed by atoms with Crippen molar-refractivity contribution in [1.29, 1.82) is 0 Å². The minimum atomic E-state index is -0.839. The number of carbonyl (C=O) groups excluding carboxylic acids is 1. The van der Waals surface area contributed by atoms with E-state index in [-0.39, 0.29) is 12.5 Å². The molecular formula is C15H18ClNO3. The van der Waals surface area contributed by atoms with E-state index in [0.717, 1.165) is 5.56 Å². The molecule has 1 aliphatic heterocycles. The van der Waals surface area contributed by atoms with Gasteiger partial charge in [0.15, 0.2) is 0 Å². The number of carboxylic acids is 1. The Bertz CT molecular complexity index is 542. The summed E-state index contributed by atoms with van der Waals surface area (Å²) in [5.74, 6) is -1.14. The molecule has 20 heavy (non-hydrogen) atoms. The number of benzene rings is 1. The molecule has 1 amide bonds. The first-order chi connectivity index (χ1) is 9.40. The quantitative estimate of drug-likeness (QED) is 0.932. The molecule has 1 saturated heterocycles. The molecule has 0 saturated carbocycles. The topological polar surface area (TPSA) is 57.6 Å². The third-order valence-electron chi connectivity index (χ3n) is 3.69. The lowest BCUT2D eigenvalue weighted by molar-refractivity contribution is -0.141. The van der Waals surface area contributed by atoms with Crippen LogP contribution >= 0.6 is 11.6 Å². The van der Waals surface area contributed by atoms with Crippen LogP contribution in [0.4, 0.5) is 0 Å². The molecule has 1 heterocycles. The van der Waals surface area contributed by atoms with Crippen molar-refractivity contribution in [2.75, 3.05) is 13.1 Å². The van der Waals surface area contributed by atoms with E-state index >= 15 is 0 Å². The van der Waals surface area contributed by atoms with Crippen LogP contribution < -0.4 is 0 Å². The molecule has 0 radical (unpaired) electrons. The maximum absolute atomic E-state index is 12.3. The number of carboxylic acid groups (broad SMARTS) is 1. The number of aliphatic carboxylic acids is 1. The number of amides is 1. The van der Waals surface area contributed by atoms with Gasteiger partial charge in [0.2, 0.25) is 0 Å². The molecule has 1 atom stereocenters. The normalized spacial score (nSPS) is 18.6. The Morgan fingerprint density at radius 1 is 1.40 bits per heavy atom. The lowest BCUT2D eigenvalue weighted by Crippen LogP contribution is -2.29. The summed E-state index contributed by atoms with van der Waals surface area (Å²) in [4.78, 5) is 24.8. The Kier molecular flexibility index (Phi) is 4.33. The van der Waals surface area contributed by atoms with Crippen molar-refractivity contribution in [3.05, 3.63) is 34.3 Å². The monoisotopic (exact) mass is 295 g/mol. The standard InChI is InChI=1S/C15H18ClNO3/c1-9(2)12-4-3-10(7-13(12)16)14(18)17-6-5-11(8-17)15(19)20/h3-4,7,9,11H,5-6,8H2,1-2H3,(H,19,20). The second-order valence-electron chi connectivity index (χ2n) is 5.47. The van der Waals surface area contributed by atoms with Gasteiger partial charge in [0.05, 0.1) is 5.92 Å². The van der Waals surface area contributed by atoms with Crippen LogP contribution in [-0.2, 0) is 4.79 Å². The SMILES string of the molecule is CC(C)c1ccc(C(=O)N2CCC(C(=O)O)C2)cc1Cl. The van der Waals surface area contributed by atoms with E-state index in [9.17, 15) is 9.59 Å². The van der Waals surface area contributed by atoms with Gasteiger partial charge < -0.3 is 10.0 Å². The Morgan fingerprint density at radius 3 is 2.60 bits per heavy atom. The summed E-state index contributed by atoms with van der Waals surface area (Å²) < 4.78 is 0. The Balaban J connectivity index is 2.14. The summed E-state index contributed by atoms with van der Waals surface area (Å²) in [7, 11) is 0. The van der Waals surface area contributed by atoms with E-state index in [2.05, 4.69) is 0 Å². The molecule has 108 valence electrons. The van der Waals surface area contributed by atoms with Crippen LogP contribution in [0.3, 0.4) is 0 Å². The Labute approximate surface area is 123 Å². The average Bonchev–Trinajstić information content (AvgIpc) is 2.87. The van der Waals surface area contributed by atoms with Crippen LogP contribution in [0.5, 0.6) is 0 Å². The first kappa shape index (κ1) is 14.9. The Morgan fingerprint density at radius 2 is 2.10 bits per heavy atom. The minimum Gasteiger partial charge on any atom is -0.481 e. The number of carbonyl (C=O) groups is 2. The van der Waals surface area contributed by atoms with E-state index in [1.807, 2.05) is 19.9 Å². The van der Waals surface area contributed by atoms with Crippen molar-refractivity contribution in [3.63, 3.8) is 0 Å². The maximum Gasteiger partial charge on any atom is 0.308 e. The van der Waals surface area contributed by atoms with E-state index in [0.29, 0.717) is 29.5 Å². The summed E-state index contributed by atoms with van der Waals surface area (Å²) in [5.41, 5.74) is 1.53. The molecule has 0 aromatic heterocycles. The smallest absolute Gasteiger partial charge is 0.308 e. The molecule has 0 aliphatic carbocycles. The molecule has 1 aromatic carbocycles. The van der Waals surface area contributed by atoms with Gasteiger partial charge >= 0.3 is 5.97 Å². The number of halogens is 1. The summed E-state index contributed by atoms with van der Waals surface area (Å²) >= 11 is 6.19. The zero-order valence-electron chi connectivity index (χ0n) is 11.6. The van der Waals surface area contributed by atoms with Gasteiger partial charge in [-0.15, -0.1) is 0 Å². The van der Waals surface area contributed by atoms with Crippen LogP contribution in [-0.4, -0.2) is 35.0 Å². The first-order valence-corrected chi connectivity index (χ1v) is 7.09. The second kappa shape index (κ2) is 5.83. The zero-order chi connectivity index (χ0) is 14.9. The van der Waals surface area contributed by atoms with Crippen LogP contribution in [0.25, 0.3) is 0 Å². The van der Waals surface area contributed by atoms with Gasteiger partial charge in [-0.1, -0.05) is 31.5 Å². The maximum atomic E-state index is 12.3. The first-order valence-electron chi connectivity index (χ1n) is 6.71. The van der Waals surface area contributed by atoms with Crippen molar-refractivity contribution < 1.29 is 14.7 Å². The fourth-order valence-corrected chi connectivity index (χ4v) is 2.86. The molecule has 1 unspecified atom stereocenters. The van der Waals surface area contributed by atoms with Crippen LogP contribution in [0.1, 0.15) is 42.1 Å². The second-order valence-corrected chi connectivity index (χ2v) is 5.87. The third kappa shape index (κ3) is 2.96. The molecule has 1 aromatic rings. The zero-order valence-corrected chi connectivity index (χ0v) is 12.4. The van der Waals surface area contributed by atoms with Crippen LogP contribution in [0.2, 0.25) is 5.02 Å². The summed E-state index contributed by atoms with van der Waals surface area (Å²) in [6.45, 7) is 4.85. The highest BCUT2D eigenvalue weighted by Gasteiger charge is 2.31. The fraction of sp³-hybridized carbons (Fsp3) is 0.467. The number of hydrogen-bond donors (Lipinski definition) is 1. The minimum absolute atomic E-state index is 0.147. The van der Waals surface area contributed by atoms with E-state index < -0.39 is 11.9 Å². The summed E-state index contributed by atoms with van der Waals surface area (Å²) in [6, 6.07) is 5.30. The largest absolute Gasteiger partial charge is 0.481 e. The summed E-state index contributed by atoms with van der Waals surface area (Å²) in [5, 5.41) is 9.55. The van der Waals surface area contributed by atoms with Gasteiger partial charge in [-0.3, -0.25) is 9.59 Å². The number of nitrogens with zero attached hydrogens (tertiary/aromatic N) is 1. The molecule has 0 bridgehead atoms. The number of hydrogen-bond acceptors (Lipinski definition) is 2. The molecule has 5 heteroatoms. The van der Waals surface area contributed by atoms with Crippen molar-refractivity contribution >= 4 is 23.5 Å². The lowest BCUT2D eigenvalue weighted by atomic mass is 10.0. The molecule has 1 N–H and O–H groups in total. The molecule has 1 aliphatic rings. The van der Waals surface area contributed by atoms with Gasteiger partial charge in [0.25, 0.3) is 5.91 Å². The van der Waals surface area contributed by atoms with E-state index in [1.54, 1.807) is 17.0 Å². The number of likely N-dealkylation sites (tertiary alicyclic amines) is 1. The predicted molar refractivity (Wildman–Crippen MR) is 77.2 cm³/mol. The van der Waals surface area contributed by atoms with E-state index in [1.165, 1.54) is 0 Å². The fourth-order valence-electron chi connectivity index (χ4n) is 2.46. The average molecular weight is 296 g/mol. The highest BCUT2D eigenvalue weighted by Crippen LogP contribution is 2.26. The highest BCUT2D eigenvalue weighted by molar-refractivity contribution is 6.31. The van der Waals surface area contributed by atoms with Gasteiger partial charge in [0.1, 0.15) is 0 Å². The molecule has 1 fully saturated rings. The molecule has 0 spiro atoms. The van der Waals surface area contributed by atoms with Gasteiger partial charge in [-0.05, 0) is 30.0 Å². The van der Waals surface area contributed by atoms with Gasteiger partial charge in [-0.2, -0.15) is 0 Å². The highest BCUT2D eigenvalue weighted by atomic mass is 35.5. The molecule has 2 rings (SSSR count). The summed E-state index contributed by atoms with van der Waals surface area (Å²) in [6.07, 6.45) is 0.513. The van der Waals surface area contributed by atoms with Crippen molar-refractivity contribution in [2.45, 2.75) is 26.2 Å². The van der Waals surface area contributed by atoms with Crippen LogP contribution in [0.15, 0.2) is 18.2 Å². The van der Waals surface area contributed by atoms with Crippen molar-refractivity contribution in [1.82, 2.24) is 4.90 Å². The van der Waals surface area contributed by atoms with Crippen molar-refractivity contribution in [2.24, 2.45) is 5.92 Å². The molecule has 4 nitrogen and oxygen atoms in total. The van der Waals surface area contributed by atoms with Crippen molar-refractivity contribution in [3.8, 4) is 0 Å². The third-order valence-corrected chi connectivity index (χ3v) is 4.02. The van der Waals surface area contributed by atoms with E-state index in [4.69, 9.17) is 16.7 Å². The lowest BCUT2D eigenvalue weighted by Gasteiger charge is -2.17. The van der Waals surface area contributed by atoms with Gasteiger partial charge in [0, 0.05) is 23.7 Å².